The number of aromatic hydroxyl groups is 2. The Kier molecular flexibility index (Phi) is 6.05. The molecule has 0 amide bonds. The second kappa shape index (κ2) is 7.58. The van der Waals surface area contributed by atoms with E-state index in [1.165, 1.54) is 31.0 Å². The van der Waals surface area contributed by atoms with Crippen LogP contribution in [-0.2, 0) is 4.74 Å². The molecule has 0 saturated carbocycles. The number of phenols is 2. The second-order valence-corrected chi connectivity index (χ2v) is 4.22. The molecule has 4 nitrogen and oxygen atoms in total. The predicted molar refractivity (Wildman–Crippen MR) is 68.8 cm³/mol. The summed E-state index contributed by atoms with van der Waals surface area (Å²) < 4.78 is 5.03. The standard InChI is InChI=1S/C14H20O4/c1-2-3-4-5-6-10-18-14(17)11-8-7-9-12(15)13(11)16/h7-9,15-16H,2-6,10H2,1H3. The molecule has 100 valence electrons. The lowest BCUT2D eigenvalue weighted by molar-refractivity contribution is 0.0493. The number of para-hydroxylation sites is 1. The molecule has 18 heavy (non-hydrogen) atoms. The third-order valence-corrected chi connectivity index (χ3v) is 2.72. The Morgan fingerprint density at radius 1 is 1.17 bits per heavy atom. The maximum absolute atomic E-state index is 11.6. The summed E-state index contributed by atoms with van der Waals surface area (Å²) in [6.07, 6.45) is 5.38. The van der Waals surface area contributed by atoms with Crippen molar-refractivity contribution in [3.63, 3.8) is 0 Å². The molecule has 0 heterocycles. The second-order valence-electron chi connectivity index (χ2n) is 4.22. The lowest BCUT2D eigenvalue weighted by Gasteiger charge is -2.07. The van der Waals surface area contributed by atoms with E-state index in [1.54, 1.807) is 0 Å². The van der Waals surface area contributed by atoms with Crippen LogP contribution in [0.2, 0.25) is 0 Å². The topological polar surface area (TPSA) is 66.8 Å². The van der Waals surface area contributed by atoms with Crippen molar-refractivity contribution < 1.29 is 19.7 Å². The predicted octanol–water partition coefficient (Wildman–Crippen LogP) is 3.23. The summed E-state index contributed by atoms with van der Waals surface area (Å²) in [7, 11) is 0. The average molecular weight is 252 g/mol. The Morgan fingerprint density at radius 3 is 2.61 bits per heavy atom. The Labute approximate surface area is 107 Å². The highest BCUT2D eigenvalue weighted by molar-refractivity contribution is 5.93. The number of rotatable bonds is 7. The number of carbonyl (C=O) groups is 1. The van der Waals surface area contributed by atoms with Crippen molar-refractivity contribution in [2.75, 3.05) is 6.61 Å². The fraction of sp³-hybridized carbons (Fsp3) is 0.500. The van der Waals surface area contributed by atoms with Crippen LogP contribution in [0.3, 0.4) is 0 Å². The molecular formula is C14H20O4. The van der Waals surface area contributed by atoms with Gasteiger partial charge >= 0.3 is 5.97 Å². The van der Waals surface area contributed by atoms with Gasteiger partial charge in [-0.15, -0.1) is 0 Å². The van der Waals surface area contributed by atoms with Gasteiger partial charge in [-0.25, -0.2) is 4.79 Å². The van der Waals surface area contributed by atoms with Gasteiger partial charge in [0.05, 0.1) is 6.61 Å². The summed E-state index contributed by atoms with van der Waals surface area (Å²) in [4.78, 5) is 11.6. The Hall–Kier alpha value is -1.71. The molecule has 0 bridgehead atoms. The summed E-state index contributed by atoms with van der Waals surface area (Å²) >= 11 is 0. The normalized spacial score (nSPS) is 10.3. The van der Waals surface area contributed by atoms with E-state index in [0.717, 1.165) is 19.3 Å². The van der Waals surface area contributed by atoms with Gasteiger partial charge in [0.1, 0.15) is 5.56 Å². The van der Waals surface area contributed by atoms with E-state index in [0.29, 0.717) is 6.61 Å². The summed E-state index contributed by atoms with van der Waals surface area (Å²) in [6.45, 7) is 2.49. The third-order valence-electron chi connectivity index (χ3n) is 2.72. The van der Waals surface area contributed by atoms with E-state index in [4.69, 9.17) is 4.74 Å². The molecule has 0 atom stereocenters. The molecule has 0 aliphatic heterocycles. The smallest absolute Gasteiger partial charge is 0.342 e. The zero-order chi connectivity index (χ0) is 13.4. The third kappa shape index (κ3) is 4.28. The monoisotopic (exact) mass is 252 g/mol. The molecule has 0 radical (unpaired) electrons. The van der Waals surface area contributed by atoms with Crippen molar-refractivity contribution in [2.45, 2.75) is 39.0 Å². The lowest BCUT2D eigenvalue weighted by atomic mass is 10.1. The van der Waals surface area contributed by atoms with Gasteiger partial charge < -0.3 is 14.9 Å². The van der Waals surface area contributed by atoms with Gasteiger partial charge in [-0.1, -0.05) is 38.7 Å². The summed E-state index contributed by atoms with van der Waals surface area (Å²) in [5.41, 5.74) is 0.00329. The van der Waals surface area contributed by atoms with Gasteiger partial charge in [0, 0.05) is 0 Å². The summed E-state index contributed by atoms with van der Waals surface area (Å²) in [5, 5.41) is 18.7. The van der Waals surface area contributed by atoms with Crippen LogP contribution in [0, 0.1) is 0 Å². The number of hydrogen-bond donors (Lipinski definition) is 2. The van der Waals surface area contributed by atoms with Crippen LogP contribution < -0.4 is 0 Å². The number of benzene rings is 1. The van der Waals surface area contributed by atoms with Gasteiger partial charge in [0.15, 0.2) is 11.5 Å². The van der Waals surface area contributed by atoms with E-state index in [9.17, 15) is 15.0 Å². The maximum atomic E-state index is 11.6. The molecule has 1 rings (SSSR count). The van der Waals surface area contributed by atoms with Crippen molar-refractivity contribution in [3.8, 4) is 11.5 Å². The minimum atomic E-state index is -0.598. The molecular weight excluding hydrogens is 232 g/mol. The quantitative estimate of drug-likeness (QED) is 0.444. The highest BCUT2D eigenvalue weighted by Gasteiger charge is 2.14. The first-order chi connectivity index (χ1) is 8.66. The average Bonchev–Trinajstić information content (AvgIpc) is 2.36. The first kappa shape index (κ1) is 14.4. The molecule has 0 aromatic heterocycles. The Bertz CT molecular complexity index is 387. The van der Waals surface area contributed by atoms with E-state index >= 15 is 0 Å². The number of phenolic OH excluding ortho intramolecular Hbond substituents is 2. The largest absolute Gasteiger partial charge is 0.504 e. The molecule has 0 unspecified atom stereocenters. The molecule has 1 aromatic carbocycles. The zero-order valence-corrected chi connectivity index (χ0v) is 10.7. The van der Waals surface area contributed by atoms with E-state index in [1.807, 2.05) is 0 Å². The number of unbranched alkanes of at least 4 members (excludes halogenated alkanes) is 4. The fourth-order valence-corrected chi connectivity index (χ4v) is 1.64. The van der Waals surface area contributed by atoms with Crippen LogP contribution >= 0.6 is 0 Å². The molecule has 0 spiro atoms. The van der Waals surface area contributed by atoms with Crippen LogP contribution in [0.15, 0.2) is 18.2 Å². The molecule has 0 aliphatic rings. The van der Waals surface area contributed by atoms with Crippen molar-refractivity contribution in [2.24, 2.45) is 0 Å². The summed E-state index contributed by atoms with van der Waals surface area (Å²) in [6, 6.07) is 4.23. The molecule has 0 saturated heterocycles. The van der Waals surface area contributed by atoms with Crippen LogP contribution in [0.1, 0.15) is 49.4 Å². The first-order valence-electron chi connectivity index (χ1n) is 6.35. The number of hydrogen-bond acceptors (Lipinski definition) is 4. The summed E-state index contributed by atoms with van der Waals surface area (Å²) in [5.74, 6) is -1.33. The SMILES string of the molecule is CCCCCCCOC(=O)c1cccc(O)c1O. The molecule has 0 aliphatic carbocycles. The van der Waals surface area contributed by atoms with Crippen molar-refractivity contribution in [1.82, 2.24) is 0 Å². The van der Waals surface area contributed by atoms with Crippen LogP contribution in [-0.4, -0.2) is 22.8 Å². The van der Waals surface area contributed by atoms with Gasteiger partial charge in [-0.3, -0.25) is 0 Å². The molecule has 4 heteroatoms. The molecule has 1 aromatic rings. The first-order valence-corrected chi connectivity index (χ1v) is 6.35. The van der Waals surface area contributed by atoms with Gasteiger partial charge in [0.2, 0.25) is 0 Å². The van der Waals surface area contributed by atoms with Crippen molar-refractivity contribution in [3.05, 3.63) is 23.8 Å². The molecule has 0 fully saturated rings. The maximum Gasteiger partial charge on any atom is 0.342 e. The van der Waals surface area contributed by atoms with Crippen LogP contribution in [0.4, 0.5) is 0 Å². The minimum absolute atomic E-state index is 0.00329. The van der Waals surface area contributed by atoms with Crippen LogP contribution in [0.25, 0.3) is 0 Å². The van der Waals surface area contributed by atoms with Crippen LogP contribution in [0.5, 0.6) is 11.5 Å². The Balaban J connectivity index is 2.35. The fourth-order valence-electron chi connectivity index (χ4n) is 1.64. The molecule has 2 N–H and O–H groups in total. The van der Waals surface area contributed by atoms with E-state index < -0.39 is 11.7 Å². The van der Waals surface area contributed by atoms with Crippen molar-refractivity contribution in [1.29, 1.82) is 0 Å². The van der Waals surface area contributed by atoms with E-state index in [2.05, 4.69) is 6.92 Å². The van der Waals surface area contributed by atoms with Crippen molar-refractivity contribution >= 4 is 5.97 Å². The van der Waals surface area contributed by atoms with E-state index in [-0.39, 0.29) is 11.3 Å². The van der Waals surface area contributed by atoms with Gasteiger partial charge in [0.25, 0.3) is 0 Å². The lowest BCUT2D eigenvalue weighted by Crippen LogP contribution is -2.06. The Morgan fingerprint density at radius 2 is 1.89 bits per heavy atom. The number of carbonyl (C=O) groups excluding carboxylic acids is 1. The number of esters is 1. The number of ether oxygens (including phenoxy) is 1. The minimum Gasteiger partial charge on any atom is -0.504 e. The zero-order valence-electron chi connectivity index (χ0n) is 10.7. The van der Waals surface area contributed by atoms with Gasteiger partial charge in [-0.05, 0) is 18.6 Å². The highest BCUT2D eigenvalue weighted by atomic mass is 16.5. The van der Waals surface area contributed by atoms with Gasteiger partial charge in [-0.2, -0.15) is 0 Å². The highest BCUT2D eigenvalue weighted by Crippen LogP contribution is 2.28.